The van der Waals surface area contributed by atoms with Crippen molar-refractivity contribution in [2.75, 3.05) is 5.32 Å². The van der Waals surface area contributed by atoms with E-state index in [9.17, 15) is 9.59 Å². The lowest BCUT2D eigenvalue weighted by Crippen LogP contribution is -2.13. The van der Waals surface area contributed by atoms with Crippen molar-refractivity contribution in [3.05, 3.63) is 65.4 Å². The molecule has 1 N–H and O–H groups in total. The Morgan fingerprint density at radius 2 is 1.72 bits per heavy atom. The first-order valence-electron chi connectivity index (χ1n) is 7.54. The molecule has 0 fully saturated rings. The van der Waals surface area contributed by atoms with E-state index in [-0.39, 0.29) is 24.5 Å². The summed E-state index contributed by atoms with van der Waals surface area (Å²) < 4.78 is 1.51. The number of amides is 1. The molecular formula is C17H14ClN5O2. The normalized spacial score (nSPS) is 10.4. The molecule has 0 aliphatic carbocycles. The highest BCUT2D eigenvalue weighted by atomic mass is 35.5. The van der Waals surface area contributed by atoms with Gasteiger partial charge >= 0.3 is 0 Å². The van der Waals surface area contributed by atoms with Crippen LogP contribution in [0.4, 0.5) is 5.69 Å². The predicted molar refractivity (Wildman–Crippen MR) is 92.8 cm³/mol. The summed E-state index contributed by atoms with van der Waals surface area (Å²) in [6.45, 7) is 0. The summed E-state index contributed by atoms with van der Waals surface area (Å²) in [6, 6.07) is 13.7. The Morgan fingerprint density at radius 3 is 2.36 bits per heavy atom. The van der Waals surface area contributed by atoms with E-state index in [4.69, 9.17) is 11.6 Å². The Hall–Kier alpha value is -3.06. The van der Waals surface area contributed by atoms with Gasteiger partial charge in [0.2, 0.25) is 5.91 Å². The molecule has 0 radical (unpaired) electrons. The number of rotatable bonds is 6. The number of halogens is 1. The summed E-state index contributed by atoms with van der Waals surface area (Å²) in [4.78, 5) is 24.0. The number of nitrogens with zero attached hydrogens (tertiary/aromatic N) is 4. The topological polar surface area (TPSA) is 89.8 Å². The maximum atomic E-state index is 12.0. The fraction of sp³-hybridized carbons (Fsp3) is 0.118. The fourth-order valence-corrected chi connectivity index (χ4v) is 2.33. The van der Waals surface area contributed by atoms with Crippen LogP contribution >= 0.6 is 11.6 Å². The number of nitrogens with one attached hydrogen (secondary N) is 1. The zero-order valence-corrected chi connectivity index (χ0v) is 13.8. The maximum Gasteiger partial charge on any atom is 0.224 e. The van der Waals surface area contributed by atoms with Crippen molar-refractivity contribution in [3.63, 3.8) is 0 Å². The lowest BCUT2D eigenvalue weighted by atomic mass is 10.1. The number of benzene rings is 2. The Morgan fingerprint density at radius 1 is 1.00 bits per heavy atom. The molecule has 3 rings (SSSR count). The number of anilines is 1. The van der Waals surface area contributed by atoms with Gasteiger partial charge in [-0.3, -0.25) is 9.59 Å². The van der Waals surface area contributed by atoms with E-state index >= 15 is 0 Å². The number of carbonyl (C=O) groups excluding carboxylic acids is 2. The molecule has 0 saturated heterocycles. The van der Waals surface area contributed by atoms with E-state index in [2.05, 4.69) is 20.8 Å². The fourth-order valence-electron chi connectivity index (χ4n) is 2.21. The van der Waals surface area contributed by atoms with Crippen molar-refractivity contribution in [2.45, 2.75) is 12.8 Å². The first-order chi connectivity index (χ1) is 12.1. The van der Waals surface area contributed by atoms with Gasteiger partial charge in [0.15, 0.2) is 5.78 Å². The predicted octanol–water partition coefficient (Wildman–Crippen LogP) is 2.92. The van der Waals surface area contributed by atoms with Crippen molar-refractivity contribution in [2.24, 2.45) is 0 Å². The van der Waals surface area contributed by atoms with Crippen LogP contribution in [0.15, 0.2) is 54.9 Å². The van der Waals surface area contributed by atoms with Gasteiger partial charge in [-0.15, -0.1) is 5.10 Å². The minimum atomic E-state index is -0.225. The molecule has 0 aliphatic heterocycles. The third-order valence-electron chi connectivity index (χ3n) is 3.51. The molecule has 126 valence electrons. The maximum absolute atomic E-state index is 12.0. The molecule has 0 aliphatic rings. The summed E-state index contributed by atoms with van der Waals surface area (Å²) >= 11 is 5.79. The highest BCUT2D eigenvalue weighted by molar-refractivity contribution is 6.30. The highest BCUT2D eigenvalue weighted by Crippen LogP contribution is 2.14. The van der Waals surface area contributed by atoms with Crippen molar-refractivity contribution in [1.29, 1.82) is 0 Å². The van der Waals surface area contributed by atoms with E-state index < -0.39 is 0 Å². The van der Waals surface area contributed by atoms with Crippen LogP contribution in [0.1, 0.15) is 23.2 Å². The summed E-state index contributed by atoms with van der Waals surface area (Å²) in [6.07, 6.45) is 1.72. The number of tetrazole rings is 1. The van der Waals surface area contributed by atoms with Crippen LogP contribution in [-0.2, 0) is 4.79 Å². The van der Waals surface area contributed by atoms with Crippen LogP contribution in [0.25, 0.3) is 5.69 Å². The second-order valence-corrected chi connectivity index (χ2v) is 5.72. The van der Waals surface area contributed by atoms with Gasteiger partial charge in [0.05, 0.1) is 5.69 Å². The highest BCUT2D eigenvalue weighted by Gasteiger charge is 2.10. The number of Topliss-reactive ketones (excluding diaryl/α,β-unsaturated/α-hetero) is 1. The van der Waals surface area contributed by atoms with Crippen LogP contribution in [-0.4, -0.2) is 31.9 Å². The van der Waals surface area contributed by atoms with E-state index in [1.807, 2.05) is 0 Å². The number of hydrogen-bond acceptors (Lipinski definition) is 5. The molecule has 7 nitrogen and oxygen atoms in total. The van der Waals surface area contributed by atoms with E-state index in [0.29, 0.717) is 16.3 Å². The molecule has 0 unspecified atom stereocenters. The molecule has 0 bridgehead atoms. The Kier molecular flexibility index (Phi) is 5.15. The van der Waals surface area contributed by atoms with Crippen LogP contribution < -0.4 is 5.32 Å². The molecule has 1 heterocycles. The third kappa shape index (κ3) is 4.48. The molecule has 2 aromatic carbocycles. The van der Waals surface area contributed by atoms with Gasteiger partial charge < -0.3 is 5.32 Å². The van der Waals surface area contributed by atoms with Crippen LogP contribution in [0.5, 0.6) is 0 Å². The van der Waals surface area contributed by atoms with Crippen LogP contribution in [0, 0.1) is 0 Å². The third-order valence-corrected chi connectivity index (χ3v) is 3.76. The zero-order valence-electron chi connectivity index (χ0n) is 13.1. The smallest absolute Gasteiger partial charge is 0.224 e. The van der Waals surface area contributed by atoms with E-state index in [1.54, 1.807) is 48.5 Å². The minimum Gasteiger partial charge on any atom is -0.326 e. The van der Waals surface area contributed by atoms with Gasteiger partial charge in [0, 0.05) is 29.1 Å². The van der Waals surface area contributed by atoms with Gasteiger partial charge in [-0.05, 0) is 59.0 Å². The summed E-state index contributed by atoms with van der Waals surface area (Å²) in [5, 5.41) is 14.2. The Labute approximate surface area is 148 Å². The second-order valence-electron chi connectivity index (χ2n) is 5.28. The summed E-state index contributed by atoms with van der Waals surface area (Å²) in [5.41, 5.74) is 1.96. The van der Waals surface area contributed by atoms with Gasteiger partial charge in [0.1, 0.15) is 6.33 Å². The second kappa shape index (κ2) is 7.67. The minimum absolute atomic E-state index is 0.0964. The molecule has 3 aromatic rings. The van der Waals surface area contributed by atoms with Gasteiger partial charge in [-0.1, -0.05) is 11.6 Å². The van der Waals surface area contributed by atoms with Gasteiger partial charge in [0.25, 0.3) is 0 Å². The first kappa shape index (κ1) is 16.8. The van der Waals surface area contributed by atoms with Crippen molar-refractivity contribution >= 4 is 29.0 Å². The van der Waals surface area contributed by atoms with Crippen molar-refractivity contribution < 1.29 is 9.59 Å². The number of hydrogen-bond donors (Lipinski definition) is 1. The quantitative estimate of drug-likeness (QED) is 0.686. The molecule has 1 aromatic heterocycles. The average Bonchev–Trinajstić information content (AvgIpc) is 3.15. The number of aromatic nitrogens is 4. The van der Waals surface area contributed by atoms with Gasteiger partial charge in [-0.25, -0.2) is 4.68 Å². The average molecular weight is 356 g/mol. The molecule has 25 heavy (non-hydrogen) atoms. The molecular weight excluding hydrogens is 342 g/mol. The molecule has 0 atom stereocenters. The number of carbonyl (C=O) groups is 2. The summed E-state index contributed by atoms with van der Waals surface area (Å²) in [7, 11) is 0. The van der Waals surface area contributed by atoms with Crippen molar-refractivity contribution in [1.82, 2.24) is 20.2 Å². The lowest BCUT2D eigenvalue weighted by molar-refractivity contribution is -0.116. The molecule has 8 heteroatoms. The molecule has 0 saturated carbocycles. The van der Waals surface area contributed by atoms with Crippen LogP contribution in [0.2, 0.25) is 5.02 Å². The Bertz CT molecular complexity index is 861. The number of ketones is 1. The molecule has 0 spiro atoms. The van der Waals surface area contributed by atoms with E-state index in [1.165, 1.54) is 11.0 Å². The van der Waals surface area contributed by atoms with Crippen LogP contribution in [0.3, 0.4) is 0 Å². The largest absolute Gasteiger partial charge is 0.326 e. The van der Waals surface area contributed by atoms with E-state index in [0.717, 1.165) is 5.69 Å². The first-order valence-corrected chi connectivity index (χ1v) is 7.92. The SMILES string of the molecule is O=C(CCC(=O)c1ccc(Cl)cc1)Nc1ccc(-n2cnnn2)cc1. The Balaban J connectivity index is 1.52. The standard InChI is InChI=1S/C17H14ClN5O2/c18-13-3-1-12(2-4-13)16(24)9-10-17(25)20-14-5-7-15(8-6-14)23-11-19-21-22-23/h1-8,11H,9-10H2,(H,20,25). The summed E-state index contributed by atoms with van der Waals surface area (Å²) in [5.74, 6) is -0.321. The monoisotopic (exact) mass is 355 g/mol. The lowest BCUT2D eigenvalue weighted by Gasteiger charge is -2.06. The van der Waals surface area contributed by atoms with Gasteiger partial charge in [-0.2, -0.15) is 0 Å². The zero-order chi connectivity index (χ0) is 17.6. The van der Waals surface area contributed by atoms with Crippen molar-refractivity contribution in [3.8, 4) is 5.69 Å². The molecule has 1 amide bonds.